The van der Waals surface area contributed by atoms with Crippen LogP contribution in [0.25, 0.3) is 0 Å². The molecule has 0 heterocycles. The summed E-state index contributed by atoms with van der Waals surface area (Å²) in [7, 11) is 1.37. The molecule has 0 fully saturated rings. The quantitative estimate of drug-likeness (QED) is 0.258. The Labute approximate surface area is 190 Å². The first-order valence-corrected chi connectivity index (χ1v) is 10.5. The highest BCUT2D eigenvalue weighted by Crippen LogP contribution is 2.43. The third-order valence-corrected chi connectivity index (χ3v) is 5.71. The maximum atomic E-state index is 13.1. The molecule has 168 valence electrons. The highest BCUT2D eigenvalue weighted by Gasteiger charge is 2.35. The Hall–Kier alpha value is -4.13. The molecule has 0 amide bonds. The van der Waals surface area contributed by atoms with E-state index >= 15 is 0 Å². The SMILES string of the molecule is COC(=O)CCCc1ccc(Oc2cc(O)c3c(c2N)C(=O)c2ccccc2C3=O)c(C)c1. The van der Waals surface area contributed by atoms with Crippen molar-refractivity contribution in [1.82, 2.24) is 0 Å². The Bertz CT molecular complexity index is 1290. The first-order chi connectivity index (χ1) is 15.8. The third kappa shape index (κ3) is 4.05. The van der Waals surface area contributed by atoms with Crippen molar-refractivity contribution in [2.45, 2.75) is 26.2 Å². The summed E-state index contributed by atoms with van der Waals surface area (Å²) >= 11 is 0. The number of nitrogen functional groups attached to an aromatic ring is 1. The van der Waals surface area contributed by atoms with E-state index < -0.39 is 11.6 Å². The smallest absolute Gasteiger partial charge is 0.305 e. The molecule has 33 heavy (non-hydrogen) atoms. The molecule has 1 aliphatic carbocycles. The fourth-order valence-electron chi connectivity index (χ4n) is 4.00. The number of hydrogen-bond acceptors (Lipinski definition) is 7. The van der Waals surface area contributed by atoms with Crippen molar-refractivity contribution in [3.8, 4) is 17.2 Å². The number of carbonyl (C=O) groups is 3. The summed E-state index contributed by atoms with van der Waals surface area (Å²) in [6, 6.07) is 13.3. The molecule has 3 aromatic rings. The molecule has 1 aliphatic rings. The van der Waals surface area contributed by atoms with Crippen molar-refractivity contribution in [2.24, 2.45) is 0 Å². The third-order valence-electron chi connectivity index (χ3n) is 5.71. The van der Waals surface area contributed by atoms with E-state index in [4.69, 9.17) is 10.5 Å². The van der Waals surface area contributed by atoms with Crippen LogP contribution in [0.15, 0.2) is 48.5 Å². The lowest BCUT2D eigenvalue weighted by Crippen LogP contribution is -2.22. The Morgan fingerprint density at radius 2 is 1.64 bits per heavy atom. The molecule has 3 N–H and O–H groups in total. The van der Waals surface area contributed by atoms with Gasteiger partial charge in [-0.3, -0.25) is 14.4 Å². The number of hydrogen-bond donors (Lipinski definition) is 2. The second kappa shape index (κ2) is 8.78. The maximum Gasteiger partial charge on any atom is 0.305 e. The number of fused-ring (bicyclic) bond motifs is 2. The Morgan fingerprint density at radius 1 is 0.970 bits per heavy atom. The van der Waals surface area contributed by atoms with E-state index in [9.17, 15) is 19.5 Å². The van der Waals surface area contributed by atoms with Crippen LogP contribution in [0.3, 0.4) is 0 Å². The van der Waals surface area contributed by atoms with Gasteiger partial charge in [-0.05, 0) is 37.0 Å². The summed E-state index contributed by atoms with van der Waals surface area (Å²) in [6.07, 6.45) is 1.71. The summed E-state index contributed by atoms with van der Waals surface area (Å²) in [4.78, 5) is 37.3. The van der Waals surface area contributed by atoms with Crippen molar-refractivity contribution in [1.29, 1.82) is 0 Å². The number of esters is 1. The van der Waals surface area contributed by atoms with Crippen molar-refractivity contribution < 1.29 is 29.0 Å². The lowest BCUT2D eigenvalue weighted by atomic mass is 9.82. The molecule has 4 rings (SSSR count). The van der Waals surface area contributed by atoms with Crippen LogP contribution in [-0.4, -0.2) is 29.8 Å². The predicted molar refractivity (Wildman–Crippen MR) is 122 cm³/mol. The first-order valence-electron chi connectivity index (χ1n) is 10.5. The van der Waals surface area contributed by atoms with Gasteiger partial charge in [-0.25, -0.2) is 0 Å². The first kappa shape index (κ1) is 22.1. The van der Waals surface area contributed by atoms with Gasteiger partial charge in [-0.1, -0.05) is 36.4 Å². The van der Waals surface area contributed by atoms with Gasteiger partial charge in [-0.2, -0.15) is 0 Å². The van der Waals surface area contributed by atoms with Gasteiger partial charge in [0.05, 0.1) is 23.9 Å². The normalized spacial score (nSPS) is 12.2. The zero-order valence-corrected chi connectivity index (χ0v) is 18.3. The molecule has 0 radical (unpaired) electrons. The molecular weight excluding hydrogens is 422 g/mol. The number of ketones is 2. The van der Waals surface area contributed by atoms with Gasteiger partial charge < -0.3 is 20.3 Å². The monoisotopic (exact) mass is 445 g/mol. The van der Waals surface area contributed by atoms with Crippen LogP contribution < -0.4 is 10.5 Å². The Morgan fingerprint density at radius 3 is 2.27 bits per heavy atom. The van der Waals surface area contributed by atoms with Crippen molar-refractivity contribution >= 4 is 23.2 Å². The summed E-state index contributed by atoms with van der Waals surface area (Å²) in [5.74, 6) is -0.912. The molecule has 0 spiro atoms. The molecule has 7 nitrogen and oxygen atoms in total. The van der Waals surface area contributed by atoms with Gasteiger partial charge in [-0.15, -0.1) is 0 Å². The van der Waals surface area contributed by atoms with Crippen LogP contribution in [0.2, 0.25) is 0 Å². The fraction of sp³-hybridized carbons (Fsp3) is 0.192. The minimum Gasteiger partial charge on any atom is -0.507 e. The van der Waals surface area contributed by atoms with Gasteiger partial charge in [0.15, 0.2) is 17.3 Å². The molecule has 0 saturated heterocycles. The number of aryl methyl sites for hydroxylation is 2. The molecule has 0 atom stereocenters. The number of phenols is 1. The van der Waals surface area contributed by atoms with Crippen LogP contribution in [0, 0.1) is 6.92 Å². The van der Waals surface area contributed by atoms with E-state index in [1.54, 1.807) is 30.3 Å². The number of benzene rings is 3. The second-order valence-corrected chi connectivity index (χ2v) is 7.89. The lowest BCUT2D eigenvalue weighted by molar-refractivity contribution is -0.140. The average molecular weight is 445 g/mol. The zero-order chi connectivity index (χ0) is 23.7. The van der Waals surface area contributed by atoms with Crippen molar-refractivity contribution in [3.63, 3.8) is 0 Å². The number of methoxy groups -OCH3 is 1. The Balaban J connectivity index is 1.63. The summed E-state index contributed by atoms with van der Waals surface area (Å²) in [6.45, 7) is 1.86. The number of anilines is 1. The summed E-state index contributed by atoms with van der Waals surface area (Å²) in [5.41, 5.74) is 8.42. The molecule has 0 unspecified atom stereocenters. The maximum absolute atomic E-state index is 13.1. The minimum atomic E-state index is -0.455. The van der Waals surface area contributed by atoms with Crippen LogP contribution >= 0.6 is 0 Å². The largest absolute Gasteiger partial charge is 0.507 e. The molecular formula is C26H23NO6. The van der Waals surface area contributed by atoms with Crippen molar-refractivity contribution in [2.75, 3.05) is 12.8 Å². The van der Waals surface area contributed by atoms with E-state index in [0.29, 0.717) is 25.0 Å². The molecule has 0 aromatic heterocycles. The highest BCUT2D eigenvalue weighted by atomic mass is 16.5. The van der Waals surface area contributed by atoms with E-state index in [2.05, 4.69) is 4.74 Å². The minimum absolute atomic E-state index is 0.00259. The van der Waals surface area contributed by atoms with Crippen molar-refractivity contribution in [3.05, 3.63) is 81.9 Å². The van der Waals surface area contributed by atoms with E-state index in [-0.39, 0.29) is 45.4 Å². The van der Waals surface area contributed by atoms with Gasteiger partial charge in [0.2, 0.25) is 0 Å². The van der Waals surface area contributed by atoms with E-state index in [1.165, 1.54) is 13.2 Å². The van der Waals surface area contributed by atoms with Crippen LogP contribution in [0.4, 0.5) is 5.69 Å². The predicted octanol–water partition coefficient (Wildman–Crippen LogP) is 4.35. The number of phenolic OH excluding ortho intramolecular Hbond substituents is 1. The summed E-state index contributed by atoms with van der Waals surface area (Å²) in [5, 5.41) is 10.6. The fourth-order valence-corrected chi connectivity index (χ4v) is 4.00. The lowest BCUT2D eigenvalue weighted by Gasteiger charge is -2.22. The van der Waals surface area contributed by atoms with Crippen LogP contribution in [0.5, 0.6) is 17.2 Å². The number of nitrogens with two attached hydrogens (primary N) is 1. The van der Waals surface area contributed by atoms with Crippen LogP contribution in [0.1, 0.15) is 55.8 Å². The van der Waals surface area contributed by atoms with E-state index in [1.807, 2.05) is 19.1 Å². The number of aromatic hydroxyl groups is 1. The topological polar surface area (TPSA) is 116 Å². The number of ether oxygens (including phenoxy) is 2. The average Bonchev–Trinajstić information content (AvgIpc) is 2.81. The number of rotatable bonds is 6. The Kier molecular flexibility index (Phi) is 5.87. The number of carbonyl (C=O) groups excluding carboxylic acids is 3. The van der Waals surface area contributed by atoms with Gasteiger partial charge in [0.25, 0.3) is 0 Å². The van der Waals surface area contributed by atoms with E-state index in [0.717, 1.165) is 11.1 Å². The van der Waals surface area contributed by atoms with Gasteiger partial charge in [0.1, 0.15) is 11.5 Å². The molecule has 0 saturated carbocycles. The van der Waals surface area contributed by atoms with Gasteiger partial charge in [0, 0.05) is 23.6 Å². The molecule has 0 aliphatic heterocycles. The molecule has 3 aromatic carbocycles. The second-order valence-electron chi connectivity index (χ2n) is 7.89. The molecule has 7 heteroatoms. The summed E-state index contributed by atoms with van der Waals surface area (Å²) < 4.78 is 10.6. The molecule has 0 bridgehead atoms. The zero-order valence-electron chi connectivity index (χ0n) is 18.3. The highest BCUT2D eigenvalue weighted by molar-refractivity contribution is 6.31. The van der Waals surface area contributed by atoms with Gasteiger partial charge >= 0.3 is 5.97 Å². The van der Waals surface area contributed by atoms with Crippen LogP contribution in [-0.2, 0) is 16.0 Å². The standard InChI is InChI=1S/C26H23NO6/c1-14-12-15(6-5-9-21(29)32-2)10-11-19(14)33-20-13-18(28)22-23(24(20)27)26(31)17-8-4-3-7-16(17)25(22)30/h3-4,7-8,10-13,28H,5-6,9,27H2,1-2H3.